The van der Waals surface area contributed by atoms with E-state index < -0.39 is 0 Å². The Morgan fingerprint density at radius 1 is 1.00 bits per heavy atom. The molecule has 0 bridgehead atoms. The lowest BCUT2D eigenvalue weighted by atomic mass is 9.84. The highest BCUT2D eigenvalue weighted by Gasteiger charge is 2.21. The molecule has 1 heterocycles. The SMILES string of the molecule is C1=CC(C2CCCNCCC2)CC1. The largest absolute Gasteiger partial charge is 0.317 e. The second-order valence-corrected chi connectivity index (χ2v) is 4.46. The molecule has 1 fully saturated rings. The zero-order valence-electron chi connectivity index (χ0n) is 8.47. The van der Waals surface area contributed by atoms with Crippen LogP contribution in [-0.2, 0) is 0 Å². The molecule has 1 aliphatic carbocycles. The first-order valence-corrected chi connectivity index (χ1v) is 5.84. The molecule has 0 aromatic carbocycles. The van der Waals surface area contributed by atoms with Crippen molar-refractivity contribution in [3.05, 3.63) is 12.2 Å². The van der Waals surface area contributed by atoms with Crippen molar-refractivity contribution in [2.75, 3.05) is 13.1 Å². The normalized spacial score (nSPS) is 31.5. The van der Waals surface area contributed by atoms with Gasteiger partial charge in [-0.2, -0.15) is 0 Å². The van der Waals surface area contributed by atoms with Crippen LogP contribution in [0.3, 0.4) is 0 Å². The van der Waals surface area contributed by atoms with E-state index in [0.29, 0.717) is 0 Å². The molecule has 1 aliphatic heterocycles. The third-order valence-corrected chi connectivity index (χ3v) is 3.51. The molecule has 13 heavy (non-hydrogen) atoms. The minimum absolute atomic E-state index is 0.929. The Bertz CT molecular complexity index is 166. The van der Waals surface area contributed by atoms with E-state index >= 15 is 0 Å². The molecular weight excluding hydrogens is 158 g/mol. The van der Waals surface area contributed by atoms with E-state index in [9.17, 15) is 0 Å². The standard InChI is InChI=1S/C12H21N/c1-2-6-11(5-1)12-7-3-9-13-10-4-8-12/h1,5,11-13H,2-4,6-10H2. The van der Waals surface area contributed by atoms with E-state index in [1.165, 1.54) is 51.6 Å². The van der Waals surface area contributed by atoms with Gasteiger partial charge in [0.1, 0.15) is 0 Å². The van der Waals surface area contributed by atoms with Crippen molar-refractivity contribution in [3.63, 3.8) is 0 Å². The predicted molar refractivity (Wildman–Crippen MR) is 56.7 cm³/mol. The van der Waals surface area contributed by atoms with Gasteiger partial charge in [0.2, 0.25) is 0 Å². The minimum atomic E-state index is 0.929. The predicted octanol–water partition coefficient (Wildman–Crippen LogP) is 2.73. The van der Waals surface area contributed by atoms with Crippen molar-refractivity contribution < 1.29 is 0 Å². The van der Waals surface area contributed by atoms with E-state index in [1.54, 1.807) is 0 Å². The summed E-state index contributed by atoms with van der Waals surface area (Å²) in [5.74, 6) is 1.93. The molecule has 2 aliphatic rings. The lowest BCUT2D eigenvalue weighted by Crippen LogP contribution is -2.23. The lowest BCUT2D eigenvalue weighted by Gasteiger charge is -2.24. The molecule has 1 heteroatoms. The van der Waals surface area contributed by atoms with Gasteiger partial charge in [0.05, 0.1) is 0 Å². The van der Waals surface area contributed by atoms with E-state index in [-0.39, 0.29) is 0 Å². The molecule has 0 amide bonds. The van der Waals surface area contributed by atoms with E-state index in [2.05, 4.69) is 17.5 Å². The molecule has 0 spiro atoms. The summed E-state index contributed by atoms with van der Waals surface area (Å²) >= 11 is 0. The van der Waals surface area contributed by atoms with Gasteiger partial charge in [-0.15, -0.1) is 0 Å². The van der Waals surface area contributed by atoms with Crippen molar-refractivity contribution in [1.29, 1.82) is 0 Å². The smallest absolute Gasteiger partial charge is 0.00488 e. The van der Waals surface area contributed by atoms with Gasteiger partial charge in [-0.1, -0.05) is 12.2 Å². The molecule has 74 valence electrons. The zero-order valence-corrected chi connectivity index (χ0v) is 8.47. The van der Waals surface area contributed by atoms with Gasteiger partial charge >= 0.3 is 0 Å². The first-order valence-electron chi connectivity index (χ1n) is 5.84. The van der Waals surface area contributed by atoms with Gasteiger partial charge in [0.25, 0.3) is 0 Å². The Kier molecular flexibility index (Phi) is 3.42. The highest BCUT2D eigenvalue weighted by atomic mass is 14.8. The average molecular weight is 179 g/mol. The zero-order chi connectivity index (χ0) is 8.93. The summed E-state index contributed by atoms with van der Waals surface area (Å²) in [5, 5.41) is 3.48. The Labute approximate surface area is 81.6 Å². The summed E-state index contributed by atoms with van der Waals surface area (Å²) in [6.07, 6.45) is 13.3. The third kappa shape index (κ3) is 2.57. The average Bonchev–Trinajstić information content (AvgIpc) is 2.55. The fourth-order valence-electron chi connectivity index (χ4n) is 2.72. The molecular formula is C12H21N. The number of hydrogen-bond acceptors (Lipinski definition) is 1. The summed E-state index contributed by atoms with van der Waals surface area (Å²) < 4.78 is 0. The molecule has 1 saturated heterocycles. The summed E-state index contributed by atoms with van der Waals surface area (Å²) in [4.78, 5) is 0. The second kappa shape index (κ2) is 4.80. The number of rotatable bonds is 1. The number of hydrogen-bond donors (Lipinski definition) is 1. The quantitative estimate of drug-likeness (QED) is 0.610. The van der Waals surface area contributed by atoms with Crippen molar-refractivity contribution in [1.82, 2.24) is 5.32 Å². The van der Waals surface area contributed by atoms with Crippen LogP contribution in [0.15, 0.2) is 12.2 Å². The summed E-state index contributed by atoms with van der Waals surface area (Å²) in [7, 11) is 0. The van der Waals surface area contributed by atoms with E-state index in [0.717, 1.165) is 11.8 Å². The molecule has 0 aromatic rings. The van der Waals surface area contributed by atoms with Crippen LogP contribution in [0.4, 0.5) is 0 Å². The van der Waals surface area contributed by atoms with Crippen LogP contribution in [0, 0.1) is 11.8 Å². The molecule has 0 aromatic heterocycles. The van der Waals surface area contributed by atoms with Crippen LogP contribution < -0.4 is 5.32 Å². The highest BCUT2D eigenvalue weighted by Crippen LogP contribution is 2.31. The molecule has 0 saturated carbocycles. The van der Waals surface area contributed by atoms with Crippen molar-refractivity contribution in [3.8, 4) is 0 Å². The number of allylic oxidation sites excluding steroid dienone is 2. The van der Waals surface area contributed by atoms with Crippen molar-refractivity contribution in [2.24, 2.45) is 11.8 Å². The first-order chi connectivity index (χ1) is 6.47. The van der Waals surface area contributed by atoms with Crippen LogP contribution in [-0.4, -0.2) is 13.1 Å². The van der Waals surface area contributed by atoms with Gasteiger partial charge in [0.15, 0.2) is 0 Å². The summed E-state index contributed by atoms with van der Waals surface area (Å²) in [5.41, 5.74) is 0. The topological polar surface area (TPSA) is 12.0 Å². The molecule has 1 nitrogen and oxygen atoms in total. The van der Waals surface area contributed by atoms with Crippen LogP contribution >= 0.6 is 0 Å². The maximum atomic E-state index is 3.48. The van der Waals surface area contributed by atoms with Gasteiger partial charge < -0.3 is 5.32 Å². The van der Waals surface area contributed by atoms with Crippen LogP contribution in [0.25, 0.3) is 0 Å². The molecule has 2 rings (SSSR count). The molecule has 1 unspecified atom stereocenters. The van der Waals surface area contributed by atoms with E-state index in [1.807, 2.05) is 0 Å². The Morgan fingerprint density at radius 2 is 1.77 bits per heavy atom. The van der Waals surface area contributed by atoms with Gasteiger partial charge in [-0.3, -0.25) is 0 Å². The Balaban J connectivity index is 1.84. The Hall–Kier alpha value is -0.300. The lowest BCUT2D eigenvalue weighted by molar-refractivity contribution is 0.308. The van der Waals surface area contributed by atoms with Gasteiger partial charge in [-0.25, -0.2) is 0 Å². The maximum absolute atomic E-state index is 3.48. The summed E-state index contributed by atoms with van der Waals surface area (Å²) in [6, 6.07) is 0. The summed E-state index contributed by atoms with van der Waals surface area (Å²) in [6.45, 7) is 2.49. The molecule has 0 radical (unpaired) electrons. The van der Waals surface area contributed by atoms with Crippen molar-refractivity contribution in [2.45, 2.75) is 38.5 Å². The van der Waals surface area contributed by atoms with E-state index in [4.69, 9.17) is 0 Å². The third-order valence-electron chi connectivity index (χ3n) is 3.51. The fourth-order valence-corrected chi connectivity index (χ4v) is 2.72. The van der Waals surface area contributed by atoms with Crippen molar-refractivity contribution >= 4 is 0 Å². The Morgan fingerprint density at radius 3 is 2.38 bits per heavy atom. The van der Waals surface area contributed by atoms with Gasteiger partial charge in [0, 0.05) is 0 Å². The highest BCUT2D eigenvalue weighted by molar-refractivity contribution is 4.98. The maximum Gasteiger partial charge on any atom is -0.00488 e. The monoisotopic (exact) mass is 179 g/mol. The molecule has 1 atom stereocenters. The van der Waals surface area contributed by atoms with Gasteiger partial charge in [-0.05, 0) is 63.5 Å². The first kappa shape index (κ1) is 9.26. The second-order valence-electron chi connectivity index (χ2n) is 4.46. The number of nitrogens with one attached hydrogen (secondary N) is 1. The van der Waals surface area contributed by atoms with Crippen LogP contribution in [0.5, 0.6) is 0 Å². The van der Waals surface area contributed by atoms with Crippen LogP contribution in [0.1, 0.15) is 38.5 Å². The minimum Gasteiger partial charge on any atom is -0.317 e. The fraction of sp³-hybridized carbons (Fsp3) is 0.833. The van der Waals surface area contributed by atoms with Crippen LogP contribution in [0.2, 0.25) is 0 Å². The molecule has 1 N–H and O–H groups in total.